The number of rotatable bonds is 5. The number of carbonyl (C=O) groups is 2. The molecule has 3 rings (SSSR count). The van der Waals surface area contributed by atoms with E-state index >= 15 is 0 Å². The van der Waals surface area contributed by atoms with Crippen molar-refractivity contribution in [3.8, 4) is 11.5 Å². The Balaban J connectivity index is 1.97. The zero-order valence-corrected chi connectivity index (χ0v) is 14.2. The Kier molecular flexibility index (Phi) is 4.88. The molecule has 1 N–H and O–H groups in total. The molecule has 5 nitrogen and oxygen atoms in total. The molecule has 2 aliphatic rings. The van der Waals surface area contributed by atoms with Gasteiger partial charge in [-0.1, -0.05) is 13.0 Å². The summed E-state index contributed by atoms with van der Waals surface area (Å²) in [6, 6.07) is 5.69. The number of hydrogen-bond acceptors (Lipinski definition) is 4. The molecule has 1 aliphatic carbocycles. The first kappa shape index (κ1) is 16.6. The molecule has 1 amide bonds. The molecule has 0 bridgehead atoms. The second kappa shape index (κ2) is 7.07. The fourth-order valence-corrected chi connectivity index (χ4v) is 3.42. The molecule has 128 valence electrons. The van der Waals surface area contributed by atoms with E-state index < -0.39 is 0 Å². The zero-order valence-electron chi connectivity index (χ0n) is 14.2. The van der Waals surface area contributed by atoms with E-state index in [9.17, 15) is 9.59 Å². The van der Waals surface area contributed by atoms with Crippen LogP contribution in [0.15, 0.2) is 29.5 Å². The Morgan fingerprint density at radius 3 is 2.79 bits per heavy atom. The van der Waals surface area contributed by atoms with Gasteiger partial charge in [-0.05, 0) is 37.0 Å². The Morgan fingerprint density at radius 2 is 2.04 bits per heavy atom. The highest BCUT2D eigenvalue weighted by molar-refractivity contribution is 6.01. The first-order valence-electron chi connectivity index (χ1n) is 8.50. The van der Waals surface area contributed by atoms with Crippen molar-refractivity contribution in [3.05, 3.63) is 35.0 Å². The molecule has 0 spiro atoms. The number of ketones is 1. The van der Waals surface area contributed by atoms with Crippen LogP contribution >= 0.6 is 0 Å². The average molecular weight is 329 g/mol. The van der Waals surface area contributed by atoms with Crippen molar-refractivity contribution in [2.24, 2.45) is 0 Å². The van der Waals surface area contributed by atoms with E-state index in [0.717, 1.165) is 36.1 Å². The summed E-state index contributed by atoms with van der Waals surface area (Å²) in [6.45, 7) is 2.67. The lowest BCUT2D eigenvalue weighted by Gasteiger charge is -2.31. The Labute approximate surface area is 142 Å². The summed E-state index contributed by atoms with van der Waals surface area (Å²) in [5, 5.41) is 2.88. The molecular weight excluding hydrogens is 306 g/mol. The van der Waals surface area contributed by atoms with Gasteiger partial charge in [0, 0.05) is 30.0 Å². The predicted octanol–water partition coefficient (Wildman–Crippen LogP) is 3.09. The van der Waals surface area contributed by atoms with Crippen molar-refractivity contribution in [2.45, 2.75) is 44.9 Å². The Bertz CT molecular complexity index is 693. The smallest absolute Gasteiger partial charge is 0.225 e. The van der Waals surface area contributed by atoms with Crippen LogP contribution in [0.4, 0.5) is 0 Å². The third kappa shape index (κ3) is 3.16. The lowest BCUT2D eigenvalue weighted by atomic mass is 9.78. The van der Waals surface area contributed by atoms with Gasteiger partial charge in [-0.25, -0.2) is 0 Å². The van der Waals surface area contributed by atoms with Crippen LogP contribution in [0.3, 0.4) is 0 Å². The number of hydrogen-bond donors (Lipinski definition) is 1. The Morgan fingerprint density at radius 1 is 1.21 bits per heavy atom. The van der Waals surface area contributed by atoms with E-state index in [0.29, 0.717) is 30.9 Å². The minimum atomic E-state index is -0.198. The first-order valence-corrected chi connectivity index (χ1v) is 8.50. The van der Waals surface area contributed by atoms with Crippen molar-refractivity contribution in [1.29, 1.82) is 0 Å². The van der Waals surface area contributed by atoms with Crippen LogP contribution in [0.5, 0.6) is 11.5 Å². The van der Waals surface area contributed by atoms with E-state index in [-0.39, 0.29) is 17.6 Å². The van der Waals surface area contributed by atoms with Gasteiger partial charge in [-0.2, -0.15) is 0 Å². The third-order valence-electron chi connectivity index (χ3n) is 4.54. The highest BCUT2D eigenvalue weighted by Crippen LogP contribution is 2.40. The van der Waals surface area contributed by atoms with Crippen molar-refractivity contribution in [3.63, 3.8) is 0 Å². The molecule has 0 radical (unpaired) electrons. The summed E-state index contributed by atoms with van der Waals surface area (Å²) >= 11 is 0. The summed E-state index contributed by atoms with van der Waals surface area (Å²) < 4.78 is 11.1. The minimum absolute atomic E-state index is 0.0290. The highest BCUT2D eigenvalue weighted by atomic mass is 16.5. The number of allylic oxidation sites excluding steroid dienone is 2. The van der Waals surface area contributed by atoms with E-state index in [1.807, 2.05) is 25.1 Å². The Hall–Kier alpha value is -2.30. The molecule has 0 saturated carbocycles. The lowest BCUT2D eigenvalue weighted by Crippen LogP contribution is -2.36. The van der Waals surface area contributed by atoms with Crippen molar-refractivity contribution >= 4 is 11.7 Å². The molecule has 24 heavy (non-hydrogen) atoms. The number of carbonyl (C=O) groups excluding carboxylic acids is 2. The number of Topliss-reactive ketones (excluding diaryl/α,β-unsaturated/α-hetero) is 1. The van der Waals surface area contributed by atoms with Crippen LogP contribution < -0.4 is 14.8 Å². The maximum atomic E-state index is 12.4. The average Bonchev–Trinajstić information content (AvgIpc) is 2.59. The standard InChI is InChI=1S/C19H23NO4/c1-3-9-24-16-8-7-12(10-17(16)23-2)13-11-18(22)20-14-5-4-6-15(21)19(13)14/h7-8,10,13H,3-6,9,11H2,1-2H3,(H,20,22)/t13-/m1/s1. The molecule has 1 aromatic carbocycles. The molecule has 5 heteroatoms. The zero-order chi connectivity index (χ0) is 17.1. The number of methoxy groups -OCH3 is 1. The molecule has 0 saturated heterocycles. The van der Waals surface area contributed by atoms with Crippen LogP contribution in [-0.4, -0.2) is 25.4 Å². The molecule has 0 fully saturated rings. The lowest BCUT2D eigenvalue weighted by molar-refractivity contribution is -0.122. The van der Waals surface area contributed by atoms with Gasteiger partial charge in [0.25, 0.3) is 0 Å². The fourth-order valence-electron chi connectivity index (χ4n) is 3.42. The maximum absolute atomic E-state index is 12.4. The fraction of sp³-hybridized carbons (Fsp3) is 0.474. The van der Waals surface area contributed by atoms with Crippen LogP contribution in [0.25, 0.3) is 0 Å². The van der Waals surface area contributed by atoms with Gasteiger partial charge in [-0.3, -0.25) is 9.59 Å². The van der Waals surface area contributed by atoms with Gasteiger partial charge in [0.15, 0.2) is 17.3 Å². The molecule has 0 unspecified atom stereocenters. The van der Waals surface area contributed by atoms with Gasteiger partial charge in [0.1, 0.15) is 0 Å². The minimum Gasteiger partial charge on any atom is -0.493 e. The SMILES string of the molecule is CCCOc1ccc([C@H]2CC(=O)NC3=C2C(=O)CCC3)cc1OC. The van der Waals surface area contributed by atoms with E-state index in [1.54, 1.807) is 7.11 Å². The van der Waals surface area contributed by atoms with Crippen LogP contribution in [0.2, 0.25) is 0 Å². The number of ether oxygens (including phenoxy) is 2. The second-order valence-electron chi connectivity index (χ2n) is 6.23. The largest absolute Gasteiger partial charge is 0.493 e. The summed E-state index contributed by atoms with van der Waals surface area (Å²) in [4.78, 5) is 24.5. The molecule has 0 aromatic heterocycles. The second-order valence-corrected chi connectivity index (χ2v) is 6.23. The van der Waals surface area contributed by atoms with E-state index in [1.165, 1.54) is 0 Å². The highest BCUT2D eigenvalue weighted by Gasteiger charge is 2.35. The molecule has 1 aliphatic heterocycles. The maximum Gasteiger partial charge on any atom is 0.225 e. The number of benzene rings is 1. The first-order chi connectivity index (χ1) is 11.6. The third-order valence-corrected chi connectivity index (χ3v) is 4.54. The summed E-state index contributed by atoms with van der Waals surface area (Å²) in [6.07, 6.45) is 3.33. The van der Waals surface area contributed by atoms with E-state index in [2.05, 4.69) is 5.32 Å². The number of amides is 1. The van der Waals surface area contributed by atoms with Gasteiger partial charge >= 0.3 is 0 Å². The summed E-state index contributed by atoms with van der Waals surface area (Å²) in [5.74, 6) is 1.24. The van der Waals surface area contributed by atoms with Gasteiger partial charge in [0.05, 0.1) is 13.7 Å². The molecule has 1 atom stereocenters. The normalized spacial score (nSPS) is 20.5. The topological polar surface area (TPSA) is 64.6 Å². The summed E-state index contributed by atoms with van der Waals surface area (Å²) in [5.41, 5.74) is 2.50. The van der Waals surface area contributed by atoms with Crippen molar-refractivity contribution in [2.75, 3.05) is 13.7 Å². The van der Waals surface area contributed by atoms with Crippen LogP contribution in [-0.2, 0) is 9.59 Å². The van der Waals surface area contributed by atoms with E-state index in [4.69, 9.17) is 9.47 Å². The van der Waals surface area contributed by atoms with Crippen molar-refractivity contribution < 1.29 is 19.1 Å². The number of nitrogens with one attached hydrogen (secondary N) is 1. The van der Waals surface area contributed by atoms with Gasteiger partial charge < -0.3 is 14.8 Å². The van der Waals surface area contributed by atoms with Gasteiger partial charge in [0.2, 0.25) is 5.91 Å². The van der Waals surface area contributed by atoms with Gasteiger partial charge in [-0.15, -0.1) is 0 Å². The summed E-state index contributed by atoms with van der Waals surface area (Å²) in [7, 11) is 1.60. The molecule has 1 heterocycles. The quantitative estimate of drug-likeness (QED) is 0.901. The van der Waals surface area contributed by atoms with Crippen LogP contribution in [0.1, 0.15) is 50.5 Å². The van der Waals surface area contributed by atoms with Crippen molar-refractivity contribution in [1.82, 2.24) is 5.32 Å². The predicted molar refractivity (Wildman–Crippen MR) is 90.2 cm³/mol. The monoisotopic (exact) mass is 329 g/mol. The van der Waals surface area contributed by atoms with Crippen LogP contribution in [0, 0.1) is 0 Å². The molecule has 1 aromatic rings. The molecular formula is C19H23NO4.